The average Bonchev–Trinajstić information content (AvgIpc) is 2.59. The van der Waals surface area contributed by atoms with Gasteiger partial charge in [-0.15, -0.1) is 0 Å². The molecule has 0 spiro atoms. The highest BCUT2D eigenvalue weighted by Crippen LogP contribution is 2.23. The molecular formula is C17H14FN3O4. The smallest absolute Gasteiger partial charge is 0.273 e. The van der Waals surface area contributed by atoms with Crippen molar-refractivity contribution in [1.29, 1.82) is 0 Å². The van der Waals surface area contributed by atoms with Crippen LogP contribution in [0.3, 0.4) is 0 Å². The summed E-state index contributed by atoms with van der Waals surface area (Å²) in [5.74, 6) is -1.17. The lowest BCUT2D eigenvalue weighted by Gasteiger charge is -2.38. The highest BCUT2D eigenvalue weighted by molar-refractivity contribution is 6.05. The van der Waals surface area contributed by atoms with Crippen LogP contribution in [-0.4, -0.2) is 29.3 Å². The number of hydrogen-bond donors (Lipinski definition) is 1. The first-order chi connectivity index (χ1) is 12.0. The summed E-state index contributed by atoms with van der Waals surface area (Å²) in [6.45, 7) is 0.271. The maximum absolute atomic E-state index is 12.9. The number of rotatable bonds is 5. The zero-order valence-corrected chi connectivity index (χ0v) is 13.0. The Morgan fingerprint density at radius 3 is 2.56 bits per heavy atom. The van der Waals surface area contributed by atoms with Crippen molar-refractivity contribution in [2.45, 2.75) is 12.5 Å². The maximum Gasteiger partial charge on any atom is 0.273 e. The van der Waals surface area contributed by atoms with Crippen molar-refractivity contribution < 1.29 is 18.9 Å². The third-order valence-corrected chi connectivity index (χ3v) is 3.94. The number of β-lactam (4-membered cyclic amide) rings is 1. The first-order valence-electron chi connectivity index (χ1n) is 7.54. The van der Waals surface area contributed by atoms with Crippen molar-refractivity contribution in [2.24, 2.45) is 0 Å². The molecular weight excluding hydrogens is 329 g/mol. The molecule has 2 amide bonds. The molecule has 1 aliphatic heterocycles. The minimum Gasteiger partial charge on any atom is -0.342 e. The summed E-state index contributed by atoms with van der Waals surface area (Å²) >= 11 is 0. The normalized spacial score (nSPS) is 16.3. The monoisotopic (exact) mass is 343 g/mol. The number of nitrogens with zero attached hydrogens (tertiary/aromatic N) is 2. The van der Waals surface area contributed by atoms with E-state index in [9.17, 15) is 24.1 Å². The molecule has 2 aromatic rings. The molecule has 0 radical (unpaired) electrons. The molecule has 128 valence electrons. The Morgan fingerprint density at radius 1 is 1.24 bits per heavy atom. The highest BCUT2D eigenvalue weighted by Gasteiger charge is 2.38. The Bertz CT molecular complexity index is 838. The van der Waals surface area contributed by atoms with Gasteiger partial charge < -0.3 is 10.2 Å². The summed E-state index contributed by atoms with van der Waals surface area (Å²) in [6, 6.07) is 10.8. The molecule has 1 fully saturated rings. The van der Waals surface area contributed by atoms with E-state index >= 15 is 0 Å². The van der Waals surface area contributed by atoms with Crippen LogP contribution in [0.2, 0.25) is 0 Å². The number of amides is 2. The molecule has 7 nitrogen and oxygen atoms in total. The van der Waals surface area contributed by atoms with E-state index in [0.29, 0.717) is 5.69 Å². The van der Waals surface area contributed by atoms with Gasteiger partial charge in [-0.25, -0.2) is 4.39 Å². The highest BCUT2D eigenvalue weighted by atomic mass is 19.1. The molecule has 1 atom stereocenters. The summed E-state index contributed by atoms with van der Waals surface area (Å²) in [5.41, 5.74) is 0.702. The van der Waals surface area contributed by atoms with Gasteiger partial charge in [-0.2, -0.15) is 0 Å². The van der Waals surface area contributed by atoms with Crippen LogP contribution < -0.4 is 10.2 Å². The van der Waals surface area contributed by atoms with Gasteiger partial charge in [-0.05, 0) is 24.3 Å². The van der Waals surface area contributed by atoms with Gasteiger partial charge in [0.05, 0.1) is 17.9 Å². The van der Waals surface area contributed by atoms with Crippen molar-refractivity contribution >= 4 is 23.2 Å². The second-order valence-electron chi connectivity index (χ2n) is 5.61. The third kappa shape index (κ3) is 3.47. The molecule has 1 aliphatic rings. The molecule has 3 rings (SSSR count). The second-order valence-corrected chi connectivity index (χ2v) is 5.61. The first-order valence-corrected chi connectivity index (χ1v) is 7.54. The summed E-state index contributed by atoms with van der Waals surface area (Å²) in [5, 5.41) is 13.5. The number of hydrogen-bond acceptors (Lipinski definition) is 4. The van der Waals surface area contributed by atoms with Gasteiger partial charge in [0.1, 0.15) is 11.9 Å². The average molecular weight is 343 g/mol. The number of nitro groups is 1. The molecule has 2 aromatic carbocycles. The largest absolute Gasteiger partial charge is 0.342 e. The summed E-state index contributed by atoms with van der Waals surface area (Å²) in [7, 11) is 0. The number of carbonyl (C=O) groups is 2. The van der Waals surface area contributed by atoms with E-state index < -0.39 is 22.7 Å². The predicted molar refractivity (Wildman–Crippen MR) is 87.5 cm³/mol. The van der Waals surface area contributed by atoms with Crippen LogP contribution in [-0.2, 0) is 16.0 Å². The fraction of sp³-hybridized carbons (Fsp3) is 0.176. The lowest BCUT2D eigenvalue weighted by atomic mass is 10.0. The minimum absolute atomic E-state index is 0.134. The van der Waals surface area contributed by atoms with Crippen molar-refractivity contribution in [2.75, 3.05) is 11.4 Å². The van der Waals surface area contributed by atoms with Gasteiger partial charge in [0.2, 0.25) is 5.91 Å². The predicted octanol–water partition coefficient (Wildman–Crippen LogP) is 1.81. The van der Waals surface area contributed by atoms with Gasteiger partial charge >= 0.3 is 0 Å². The van der Waals surface area contributed by atoms with Gasteiger partial charge in [0.25, 0.3) is 11.6 Å². The summed E-state index contributed by atoms with van der Waals surface area (Å²) in [6.07, 6.45) is -0.183. The molecule has 0 bridgehead atoms. The summed E-state index contributed by atoms with van der Waals surface area (Å²) < 4.78 is 12.9. The number of nitrogens with one attached hydrogen (secondary N) is 1. The molecule has 1 heterocycles. The molecule has 0 aliphatic carbocycles. The quantitative estimate of drug-likeness (QED) is 0.509. The number of para-hydroxylation sites is 1. The number of benzene rings is 2. The third-order valence-electron chi connectivity index (χ3n) is 3.94. The van der Waals surface area contributed by atoms with E-state index in [1.165, 1.54) is 47.4 Å². The maximum atomic E-state index is 12.9. The fourth-order valence-electron chi connectivity index (χ4n) is 2.64. The number of nitro benzene ring substituents is 1. The molecule has 1 saturated heterocycles. The second kappa shape index (κ2) is 6.68. The van der Waals surface area contributed by atoms with Gasteiger partial charge in [0.15, 0.2) is 0 Å². The zero-order chi connectivity index (χ0) is 18.0. The molecule has 8 heteroatoms. The lowest BCUT2D eigenvalue weighted by Crippen LogP contribution is -2.64. The van der Waals surface area contributed by atoms with Crippen LogP contribution in [0.15, 0.2) is 48.5 Å². The zero-order valence-electron chi connectivity index (χ0n) is 13.0. The van der Waals surface area contributed by atoms with E-state index in [2.05, 4.69) is 5.32 Å². The Labute approximate surface area is 142 Å². The van der Waals surface area contributed by atoms with Crippen molar-refractivity contribution in [3.05, 3.63) is 70.0 Å². The van der Waals surface area contributed by atoms with Crippen LogP contribution in [0.1, 0.15) is 5.56 Å². The summed E-state index contributed by atoms with van der Waals surface area (Å²) in [4.78, 5) is 36.0. The Kier molecular flexibility index (Phi) is 4.42. The van der Waals surface area contributed by atoms with Crippen molar-refractivity contribution in [1.82, 2.24) is 5.32 Å². The molecule has 1 N–H and O–H groups in total. The van der Waals surface area contributed by atoms with E-state index in [1.54, 1.807) is 6.07 Å². The lowest BCUT2D eigenvalue weighted by molar-refractivity contribution is -0.385. The van der Waals surface area contributed by atoms with Crippen LogP contribution in [0.4, 0.5) is 15.8 Å². The van der Waals surface area contributed by atoms with E-state index in [0.717, 1.165) is 0 Å². The SMILES string of the molecule is O=C(Cc1ccccc1[N+](=O)[O-])N[C@H]1CN(c2ccc(F)cc2)C1=O. The van der Waals surface area contributed by atoms with E-state index in [4.69, 9.17) is 0 Å². The van der Waals surface area contributed by atoms with Crippen molar-refractivity contribution in [3.63, 3.8) is 0 Å². The standard InChI is InChI=1S/C17H14FN3O4/c18-12-5-7-13(8-6-12)20-10-14(17(20)23)19-16(22)9-11-3-1-2-4-15(11)21(24)25/h1-8,14H,9-10H2,(H,19,22)/t14-/m0/s1. The number of halogens is 1. The molecule has 0 aromatic heterocycles. The van der Waals surface area contributed by atoms with Crippen LogP contribution >= 0.6 is 0 Å². The minimum atomic E-state index is -0.680. The van der Waals surface area contributed by atoms with Crippen LogP contribution in [0, 0.1) is 15.9 Å². The number of carbonyl (C=O) groups excluding carboxylic acids is 2. The van der Waals surface area contributed by atoms with Crippen LogP contribution in [0.25, 0.3) is 0 Å². The van der Waals surface area contributed by atoms with Gasteiger partial charge in [0, 0.05) is 17.3 Å². The fourth-order valence-corrected chi connectivity index (χ4v) is 2.64. The van der Waals surface area contributed by atoms with Crippen molar-refractivity contribution in [3.8, 4) is 0 Å². The Hall–Kier alpha value is -3.29. The first kappa shape index (κ1) is 16.6. The molecule has 0 saturated carbocycles. The Balaban J connectivity index is 1.59. The van der Waals surface area contributed by atoms with E-state index in [-0.39, 0.29) is 30.1 Å². The number of anilines is 1. The van der Waals surface area contributed by atoms with Gasteiger partial charge in [-0.1, -0.05) is 18.2 Å². The van der Waals surface area contributed by atoms with Crippen LogP contribution in [0.5, 0.6) is 0 Å². The van der Waals surface area contributed by atoms with E-state index in [1.807, 2.05) is 0 Å². The topological polar surface area (TPSA) is 92.5 Å². The molecule has 0 unspecified atom stereocenters. The Morgan fingerprint density at radius 2 is 1.92 bits per heavy atom. The molecule has 25 heavy (non-hydrogen) atoms. The van der Waals surface area contributed by atoms with Gasteiger partial charge in [-0.3, -0.25) is 19.7 Å².